The Morgan fingerprint density at radius 3 is 2.12 bits per heavy atom. The quantitative estimate of drug-likeness (QED) is 0.508. The van der Waals surface area contributed by atoms with Crippen LogP contribution in [0.25, 0.3) is 11.3 Å². The number of hydrogen-bond donors (Lipinski definition) is 2. The van der Waals surface area contributed by atoms with Gasteiger partial charge in [-0.2, -0.15) is 0 Å². The molecule has 4 heteroatoms. The molecule has 0 spiro atoms. The van der Waals surface area contributed by atoms with Crippen LogP contribution in [-0.2, 0) is 12.8 Å². The molecule has 1 heterocycles. The van der Waals surface area contributed by atoms with E-state index in [0.717, 1.165) is 42.5 Å². The molecule has 0 amide bonds. The lowest BCUT2D eigenvalue weighted by atomic mass is 10.0. The minimum absolute atomic E-state index is 0.0858. The van der Waals surface area contributed by atoms with Crippen LogP contribution in [0.2, 0.25) is 0 Å². The van der Waals surface area contributed by atoms with Crippen molar-refractivity contribution in [1.29, 1.82) is 0 Å². The average molecular weight is 336 g/mol. The summed E-state index contributed by atoms with van der Waals surface area (Å²) in [5.74, 6) is 0. The number of unbranched alkanes of at least 4 members (excludes halogenated alkanes) is 1. The van der Waals surface area contributed by atoms with E-state index in [9.17, 15) is 4.79 Å². The molecule has 0 radical (unpaired) electrons. The van der Waals surface area contributed by atoms with Crippen LogP contribution in [0.5, 0.6) is 0 Å². The van der Waals surface area contributed by atoms with Crippen molar-refractivity contribution < 1.29 is 0 Å². The second-order valence-corrected chi connectivity index (χ2v) is 6.23. The molecule has 122 valence electrons. The van der Waals surface area contributed by atoms with Crippen molar-refractivity contribution >= 4 is 12.2 Å². The molecule has 3 aromatic rings. The molecule has 3 nitrogen and oxygen atoms in total. The van der Waals surface area contributed by atoms with Gasteiger partial charge in [0.2, 0.25) is 0 Å². The maximum Gasteiger partial charge on any atom is 0.255 e. The van der Waals surface area contributed by atoms with Gasteiger partial charge in [0, 0.05) is 5.56 Å². The Kier molecular flexibility index (Phi) is 5.39. The first-order valence-corrected chi connectivity index (χ1v) is 8.59. The van der Waals surface area contributed by atoms with Crippen LogP contribution in [0.3, 0.4) is 0 Å². The van der Waals surface area contributed by atoms with E-state index < -0.39 is 0 Å². The van der Waals surface area contributed by atoms with Gasteiger partial charge >= 0.3 is 0 Å². The number of aromatic amines is 2. The third-order valence-electron chi connectivity index (χ3n) is 4.09. The van der Waals surface area contributed by atoms with Gasteiger partial charge in [0.1, 0.15) is 0 Å². The molecule has 0 saturated heterocycles. The van der Waals surface area contributed by atoms with Crippen molar-refractivity contribution in [2.24, 2.45) is 0 Å². The van der Waals surface area contributed by atoms with Crippen molar-refractivity contribution in [2.75, 3.05) is 0 Å². The predicted molar refractivity (Wildman–Crippen MR) is 101 cm³/mol. The van der Waals surface area contributed by atoms with Crippen LogP contribution < -0.4 is 5.56 Å². The Bertz CT molecular complexity index is 898. The predicted octanol–water partition coefficient (Wildman–Crippen LogP) is 4.66. The average Bonchev–Trinajstić information content (AvgIpc) is 2.61. The molecule has 0 unspecified atom stereocenters. The molecular formula is C20H20N2OS. The van der Waals surface area contributed by atoms with Crippen LogP contribution in [0.15, 0.2) is 65.5 Å². The molecule has 1 aromatic heterocycles. The normalized spacial score (nSPS) is 10.7. The summed E-state index contributed by atoms with van der Waals surface area (Å²) in [5.41, 5.74) is 3.86. The molecule has 24 heavy (non-hydrogen) atoms. The number of H-pyrrole nitrogens is 2. The lowest BCUT2D eigenvalue weighted by molar-refractivity contribution is 0.727. The van der Waals surface area contributed by atoms with Gasteiger partial charge in [-0.1, -0.05) is 60.7 Å². The van der Waals surface area contributed by atoms with Crippen LogP contribution in [0, 0.1) is 4.77 Å². The number of benzene rings is 2. The third-order valence-corrected chi connectivity index (χ3v) is 4.29. The number of aromatic nitrogens is 2. The summed E-state index contributed by atoms with van der Waals surface area (Å²) in [6, 6.07) is 20.3. The van der Waals surface area contributed by atoms with E-state index in [1.807, 2.05) is 36.4 Å². The van der Waals surface area contributed by atoms with E-state index in [-0.39, 0.29) is 5.56 Å². The maximum absolute atomic E-state index is 12.4. The van der Waals surface area contributed by atoms with Crippen molar-refractivity contribution in [2.45, 2.75) is 25.7 Å². The second-order valence-electron chi connectivity index (χ2n) is 5.82. The first-order valence-electron chi connectivity index (χ1n) is 8.19. The van der Waals surface area contributed by atoms with E-state index in [4.69, 9.17) is 12.2 Å². The van der Waals surface area contributed by atoms with Crippen molar-refractivity contribution in [3.8, 4) is 11.3 Å². The summed E-state index contributed by atoms with van der Waals surface area (Å²) < 4.78 is 0.367. The van der Waals surface area contributed by atoms with E-state index in [1.165, 1.54) is 5.56 Å². The smallest absolute Gasteiger partial charge is 0.255 e. The monoisotopic (exact) mass is 336 g/mol. The highest BCUT2D eigenvalue weighted by molar-refractivity contribution is 7.71. The summed E-state index contributed by atoms with van der Waals surface area (Å²) in [4.78, 5) is 18.2. The molecule has 0 fully saturated rings. The fraction of sp³-hybridized carbons (Fsp3) is 0.200. The van der Waals surface area contributed by atoms with Crippen LogP contribution in [-0.4, -0.2) is 9.97 Å². The molecule has 0 aliphatic carbocycles. The lowest BCUT2D eigenvalue weighted by Crippen LogP contribution is -2.16. The highest BCUT2D eigenvalue weighted by atomic mass is 32.1. The Balaban J connectivity index is 1.75. The van der Waals surface area contributed by atoms with E-state index in [1.54, 1.807) is 0 Å². The zero-order chi connectivity index (χ0) is 16.8. The largest absolute Gasteiger partial charge is 0.331 e. The topological polar surface area (TPSA) is 48.6 Å². The van der Waals surface area contributed by atoms with Crippen LogP contribution in [0.4, 0.5) is 0 Å². The maximum atomic E-state index is 12.4. The molecule has 0 atom stereocenters. The zero-order valence-electron chi connectivity index (χ0n) is 13.4. The SMILES string of the molecule is O=c1[nH]c(=S)[nH]c(-c2ccccc2)c1CCCCc1ccccc1. The van der Waals surface area contributed by atoms with Crippen LogP contribution >= 0.6 is 12.2 Å². The standard InChI is InChI=1S/C20H20N2OS/c23-19-17(14-8-7-11-15-9-3-1-4-10-15)18(21-20(24)22-19)16-12-5-2-6-13-16/h1-6,9-10,12-13H,7-8,11,14H2,(H2,21,22,23,24). The number of nitrogens with one attached hydrogen (secondary N) is 2. The molecule has 0 saturated carbocycles. The van der Waals surface area contributed by atoms with Crippen molar-refractivity contribution in [3.63, 3.8) is 0 Å². The van der Waals surface area contributed by atoms with Gasteiger partial charge in [0.25, 0.3) is 5.56 Å². The Labute approximate surface area is 146 Å². The highest BCUT2D eigenvalue weighted by Crippen LogP contribution is 2.20. The second kappa shape index (κ2) is 7.88. The molecule has 0 bridgehead atoms. The first kappa shape index (κ1) is 16.4. The molecule has 0 aliphatic heterocycles. The van der Waals surface area contributed by atoms with Gasteiger partial charge in [-0.3, -0.25) is 9.78 Å². The summed E-state index contributed by atoms with van der Waals surface area (Å²) in [6.07, 6.45) is 3.77. The summed E-state index contributed by atoms with van der Waals surface area (Å²) in [5, 5.41) is 0. The van der Waals surface area contributed by atoms with Gasteiger partial charge < -0.3 is 4.98 Å². The minimum atomic E-state index is -0.0858. The van der Waals surface area contributed by atoms with Gasteiger partial charge in [0.15, 0.2) is 4.77 Å². The number of hydrogen-bond acceptors (Lipinski definition) is 2. The van der Waals surface area contributed by atoms with Gasteiger partial charge in [-0.25, -0.2) is 0 Å². The van der Waals surface area contributed by atoms with Gasteiger partial charge in [0.05, 0.1) is 5.69 Å². The lowest BCUT2D eigenvalue weighted by Gasteiger charge is -2.09. The number of rotatable bonds is 6. The molecule has 0 aliphatic rings. The Morgan fingerprint density at radius 1 is 0.792 bits per heavy atom. The van der Waals surface area contributed by atoms with Crippen molar-refractivity contribution in [1.82, 2.24) is 9.97 Å². The first-order chi connectivity index (χ1) is 11.7. The molecule has 2 N–H and O–H groups in total. The summed E-state index contributed by atoms with van der Waals surface area (Å²) >= 11 is 5.13. The Hall–Kier alpha value is -2.46. The third kappa shape index (κ3) is 4.09. The van der Waals surface area contributed by atoms with Gasteiger partial charge in [-0.15, -0.1) is 0 Å². The number of aryl methyl sites for hydroxylation is 1. The molecule has 3 rings (SSSR count). The van der Waals surface area contributed by atoms with Gasteiger partial charge in [-0.05, 0) is 49.0 Å². The molecule has 2 aromatic carbocycles. The Morgan fingerprint density at radius 2 is 1.42 bits per heavy atom. The van der Waals surface area contributed by atoms with E-state index in [2.05, 4.69) is 34.2 Å². The summed E-state index contributed by atoms with van der Waals surface area (Å²) in [6.45, 7) is 0. The fourth-order valence-corrected chi connectivity index (χ4v) is 3.07. The fourth-order valence-electron chi connectivity index (χ4n) is 2.88. The minimum Gasteiger partial charge on any atom is -0.331 e. The molecular weight excluding hydrogens is 316 g/mol. The van der Waals surface area contributed by atoms with Crippen LogP contribution in [0.1, 0.15) is 24.0 Å². The van der Waals surface area contributed by atoms with Crippen molar-refractivity contribution in [3.05, 3.63) is 86.9 Å². The van der Waals surface area contributed by atoms with E-state index in [0.29, 0.717) is 4.77 Å². The highest BCUT2D eigenvalue weighted by Gasteiger charge is 2.10. The zero-order valence-corrected chi connectivity index (χ0v) is 14.2. The summed E-state index contributed by atoms with van der Waals surface area (Å²) in [7, 11) is 0. The van der Waals surface area contributed by atoms with E-state index >= 15 is 0 Å².